The van der Waals surface area contributed by atoms with Crippen molar-refractivity contribution in [3.05, 3.63) is 12.2 Å². The first-order valence-electron chi connectivity index (χ1n) is 17.0. The molecule has 0 rings (SSSR count). The molecule has 0 saturated heterocycles. The topological polar surface area (TPSA) is 108 Å². The second-order valence-corrected chi connectivity index (χ2v) is 14.3. The first-order valence-corrected chi connectivity index (χ1v) is 18.5. The zero-order chi connectivity index (χ0) is 31.5. The Labute approximate surface area is 259 Å². The number of rotatable bonds is 30. The normalized spacial score (nSPS) is 15.1. The average Bonchev–Trinajstić information content (AvgIpc) is 2.92. The van der Waals surface area contributed by atoms with Crippen LogP contribution in [0.25, 0.3) is 0 Å². The number of allylic oxidation sites excluding steroid dienone is 2. The van der Waals surface area contributed by atoms with Gasteiger partial charge >= 0.3 is 0 Å². The molecule has 8 nitrogen and oxygen atoms in total. The van der Waals surface area contributed by atoms with Crippen LogP contribution in [0.5, 0.6) is 0 Å². The van der Waals surface area contributed by atoms with Crippen LogP contribution >= 0.6 is 7.82 Å². The van der Waals surface area contributed by atoms with Gasteiger partial charge in [0.25, 0.3) is 7.82 Å². The van der Waals surface area contributed by atoms with Crippen LogP contribution in [0.2, 0.25) is 0 Å². The molecule has 0 spiro atoms. The Bertz CT molecular complexity index is 713. The molecule has 0 aromatic rings. The van der Waals surface area contributed by atoms with Crippen molar-refractivity contribution >= 4 is 13.7 Å². The summed E-state index contributed by atoms with van der Waals surface area (Å²) in [6.07, 6.45) is 25.0. The second-order valence-electron chi connectivity index (χ2n) is 12.9. The van der Waals surface area contributed by atoms with E-state index in [0.29, 0.717) is 23.9 Å². The minimum Gasteiger partial charge on any atom is -0.756 e. The molecule has 2 N–H and O–H groups in total. The van der Waals surface area contributed by atoms with Crippen LogP contribution < -0.4 is 10.2 Å². The summed E-state index contributed by atoms with van der Waals surface area (Å²) in [6, 6.07) is -0.796. The molecule has 0 fully saturated rings. The molecule has 0 bridgehead atoms. The van der Waals surface area contributed by atoms with Gasteiger partial charge in [0.1, 0.15) is 13.2 Å². The zero-order valence-corrected chi connectivity index (χ0v) is 28.9. The third kappa shape index (κ3) is 28.0. The highest BCUT2D eigenvalue weighted by molar-refractivity contribution is 7.45. The number of phosphoric acid groups is 1. The number of nitrogens with zero attached hydrogens (tertiary/aromatic N) is 1. The monoisotopic (exact) mass is 618 g/mol. The Kier molecular flexibility index (Phi) is 26.1. The van der Waals surface area contributed by atoms with E-state index in [9.17, 15) is 19.4 Å². The number of quaternary nitrogens is 1. The molecule has 250 valence electrons. The molecule has 0 aliphatic carbocycles. The molecule has 3 unspecified atom stereocenters. The Morgan fingerprint density at radius 1 is 0.810 bits per heavy atom. The predicted molar refractivity (Wildman–Crippen MR) is 173 cm³/mol. The molecule has 0 radical (unpaired) electrons. The fourth-order valence-corrected chi connectivity index (χ4v) is 5.40. The van der Waals surface area contributed by atoms with Gasteiger partial charge in [0.05, 0.1) is 39.9 Å². The number of hydrogen-bond acceptors (Lipinski definition) is 6. The van der Waals surface area contributed by atoms with Crippen LogP contribution in [0.4, 0.5) is 0 Å². The van der Waals surface area contributed by atoms with E-state index >= 15 is 0 Å². The molecule has 0 aromatic heterocycles. The van der Waals surface area contributed by atoms with E-state index in [-0.39, 0.29) is 19.1 Å². The first kappa shape index (κ1) is 41.2. The summed E-state index contributed by atoms with van der Waals surface area (Å²) in [5, 5.41) is 13.7. The summed E-state index contributed by atoms with van der Waals surface area (Å²) in [4.78, 5) is 25.0. The molecule has 0 aliphatic rings. The van der Waals surface area contributed by atoms with Gasteiger partial charge in [-0.15, -0.1) is 0 Å². The number of phosphoric ester groups is 1. The van der Waals surface area contributed by atoms with Crippen LogP contribution in [-0.2, 0) is 18.4 Å². The Morgan fingerprint density at radius 2 is 1.31 bits per heavy atom. The summed E-state index contributed by atoms with van der Waals surface area (Å²) in [7, 11) is 1.29. The van der Waals surface area contributed by atoms with E-state index in [2.05, 4.69) is 31.3 Å². The molecule has 0 saturated carbocycles. The van der Waals surface area contributed by atoms with Gasteiger partial charge in [-0.2, -0.15) is 0 Å². The minimum atomic E-state index is -4.54. The Balaban J connectivity index is 4.53. The molecule has 9 heteroatoms. The van der Waals surface area contributed by atoms with Gasteiger partial charge in [-0.05, 0) is 38.5 Å². The summed E-state index contributed by atoms with van der Waals surface area (Å²) >= 11 is 0. The van der Waals surface area contributed by atoms with Crippen LogP contribution in [0, 0.1) is 0 Å². The second kappa shape index (κ2) is 26.6. The van der Waals surface area contributed by atoms with Gasteiger partial charge in [-0.3, -0.25) is 9.36 Å². The van der Waals surface area contributed by atoms with Crippen molar-refractivity contribution in [1.82, 2.24) is 5.32 Å². The minimum absolute atomic E-state index is 0.0113. The van der Waals surface area contributed by atoms with E-state index in [4.69, 9.17) is 9.05 Å². The summed E-state index contributed by atoms with van der Waals surface area (Å²) in [6.45, 7) is 4.62. The number of carbonyl (C=O) groups is 1. The molecular weight excluding hydrogens is 551 g/mol. The maximum absolute atomic E-state index is 12.7. The number of hydrogen-bond donors (Lipinski definition) is 2. The Morgan fingerprint density at radius 3 is 1.90 bits per heavy atom. The lowest BCUT2D eigenvalue weighted by atomic mass is 10.0. The SMILES string of the molecule is CCCCC/C=C\CCCCCCCC(=O)NC(COP(=O)([O-])OCC[N+](C)(C)C)C(O)CCCCCCCCCC. The molecule has 0 heterocycles. The molecule has 0 aliphatic heterocycles. The number of likely N-dealkylation sites (N-methyl/N-ethyl adjacent to an activating group) is 1. The molecular formula is C33H67N2O6P. The summed E-state index contributed by atoms with van der Waals surface area (Å²) < 4.78 is 23.0. The van der Waals surface area contributed by atoms with Crippen molar-refractivity contribution < 1.29 is 32.9 Å². The molecule has 42 heavy (non-hydrogen) atoms. The third-order valence-corrected chi connectivity index (χ3v) is 8.47. The maximum atomic E-state index is 12.7. The Hall–Kier alpha value is -0.760. The van der Waals surface area contributed by atoms with Gasteiger partial charge in [-0.1, -0.05) is 109 Å². The predicted octanol–water partition coefficient (Wildman–Crippen LogP) is 7.44. The smallest absolute Gasteiger partial charge is 0.268 e. The maximum Gasteiger partial charge on any atom is 0.268 e. The number of amides is 1. The highest BCUT2D eigenvalue weighted by Crippen LogP contribution is 2.38. The molecule has 3 atom stereocenters. The van der Waals surface area contributed by atoms with Crippen molar-refractivity contribution in [2.45, 2.75) is 154 Å². The van der Waals surface area contributed by atoms with Crippen LogP contribution in [0.3, 0.4) is 0 Å². The summed E-state index contributed by atoms with van der Waals surface area (Å²) in [5.41, 5.74) is 0. The third-order valence-electron chi connectivity index (χ3n) is 7.50. The van der Waals surface area contributed by atoms with Crippen molar-refractivity contribution in [2.24, 2.45) is 0 Å². The van der Waals surface area contributed by atoms with Gasteiger partial charge in [0.2, 0.25) is 5.91 Å². The lowest BCUT2D eigenvalue weighted by molar-refractivity contribution is -0.870. The van der Waals surface area contributed by atoms with Gasteiger partial charge in [0, 0.05) is 6.42 Å². The fraction of sp³-hybridized carbons (Fsp3) is 0.909. The fourth-order valence-electron chi connectivity index (χ4n) is 4.68. The van der Waals surface area contributed by atoms with E-state index in [1.165, 1.54) is 64.2 Å². The number of nitrogens with one attached hydrogen (secondary N) is 1. The highest BCUT2D eigenvalue weighted by Gasteiger charge is 2.24. The van der Waals surface area contributed by atoms with Crippen LogP contribution in [-0.4, -0.2) is 68.5 Å². The quantitative estimate of drug-likeness (QED) is 0.0375. The zero-order valence-electron chi connectivity index (χ0n) is 28.0. The standard InChI is InChI=1S/C33H67N2O6P/c1-6-8-10-12-14-16-17-18-19-21-23-25-27-33(37)34-31(30-41-42(38,39)40-29-28-35(3,4)5)32(36)26-24-22-20-15-13-11-9-7-2/h14,16,31-32,36H,6-13,15,17-30H2,1-5H3,(H-,34,37,38,39)/b16-14-. The number of carbonyl (C=O) groups excluding carboxylic acids is 1. The van der Waals surface area contributed by atoms with Crippen LogP contribution in [0.1, 0.15) is 142 Å². The number of unbranched alkanes of at least 4 members (excludes halogenated alkanes) is 15. The van der Waals surface area contributed by atoms with E-state index in [1.807, 2.05) is 21.1 Å². The number of aliphatic hydroxyl groups excluding tert-OH is 1. The lowest BCUT2D eigenvalue weighted by Crippen LogP contribution is -2.46. The molecule has 0 aromatic carbocycles. The molecule has 1 amide bonds. The van der Waals surface area contributed by atoms with Crippen LogP contribution in [0.15, 0.2) is 12.2 Å². The first-order chi connectivity index (χ1) is 20.0. The van der Waals surface area contributed by atoms with Gasteiger partial charge in [0.15, 0.2) is 0 Å². The van der Waals surface area contributed by atoms with E-state index < -0.39 is 20.0 Å². The largest absolute Gasteiger partial charge is 0.756 e. The van der Waals surface area contributed by atoms with Crippen molar-refractivity contribution in [3.8, 4) is 0 Å². The van der Waals surface area contributed by atoms with E-state index in [1.54, 1.807) is 0 Å². The van der Waals surface area contributed by atoms with E-state index in [0.717, 1.165) is 51.4 Å². The summed E-state index contributed by atoms with van der Waals surface area (Å²) in [5.74, 6) is -0.180. The van der Waals surface area contributed by atoms with Crippen molar-refractivity contribution in [3.63, 3.8) is 0 Å². The van der Waals surface area contributed by atoms with Gasteiger partial charge < -0.3 is 28.8 Å². The number of aliphatic hydroxyl groups is 1. The van der Waals surface area contributed by atoms with Crippen molar-refractivity contribution in [2.75, 3.05) is 40.9 Å². The highest BCUT2D eigenvalue weighted by atomic mass is 31.2. The lowest BCUT2D eigenvalue weighted by Gasteiger charge is -2.30. The van der Waals surface area contributed by atoms with Crippen molar-refractivity contribution in [1.29, 1.82) is 0 Å². The van der Waals surface area contributed by atoms with Gasteiger partial charge in [-0.25, -0.2) is 0 Å². The average molecular weight is 619 g/mol.